The second-order valence-electron chi connectivity index (χ2n) is 9.27. The first-order chi connectivity index (χ1) is 11.7. The van der Waals surface area contributed by atoms with Crippen molar-refractivity contribution in [1.82, 2.24) is 0 Å². The average molecular weight is 326 g/mol. The molecule has 0 bridgehead atoms. The molecule has 2 aromatic carbocycles. The van der Waals surface area contributed by atoms with Crippen LogP contribution in [0.1, 0.15) is 74.9 Å². The topological polar surface area (TPSA) is 0 Å². The maximum Gasteiger partial charge on any atom is 0.0112 e. The number of hydrogen-bond donors (Lipinski definition) is 0. The summed E-state index contributed by atoms with van der Waals surface area (Å²) in [6, 6.07) is 9.85. The van der Waals surface area contributed by atoms with Crippen LogP contribution in [-0.2, 0) is 17.3 Å². The molecule has 0 fully saturated rings. The zero-order chi connectivity index (χ0) is 17.7. The Morgan fingerprint density at radius 2 is 1.04 bits per heavy atom. The first-order valence-corrected chi connectivity index (χ1v) is 9.42. The van der Waals surface area contributed by atoms with E-state index in [1.54, 1.807) is 0 Å². The number of fused-ring (bicyclic) bond motifs is 5. The van der Waals surface area contributed by atoms with Gasteiger partial charge in [-0.05, 0) is 76.9 Å². The first-order valence-electron chi connectivity index (χ1n) is 9.42. The molecule has 0 saturated carbocycles. The molecule has 3 aliphatic carbocycles. The van der Waals surface area contributed by atoms with Crippen molar-refractivity contribution in [3.8, 4) is 11.1 Å². The van der Waals surface area contributed by atoms with Crippen LogP contribution in [-0.4, -0.2) is 0 Å². The molecular weight excluding hydrogens is 300 g/mol. The third-order valence-electron chi connectivity index (χ3n) is 7.28. The number of allylic oxidation sites excluding steroid dienone is 2. The minimum Gasteiger partial charge on any atom is -0.0627 e. The molecule has 0 atom stereocenters. The minimum atomic E-state index is 0.169. The van der Waals surface area contributed by atoms with Gasteiger partial charge in [-0.3, -0.25) is 0 Å². The van der Waals surface area contributed by atoms with E-state index >= 15 is 0 Å². The molecule has 126 valence electrons. The van der Waals surface area contributed by atoms with E-state index < -0.39 is 0 Å². The highest BCUT2D eigenvalue weighted by molar-refractivity contribution is 5.85. The summed E-state index contributed by atoms with van der Waals surface area (Å²) in [7, 11) is 0. The van der Waals surface area contributed by atoms with Crippen molar-refractivity contribution in [2.75, 3.05) is 0 Å². The van der Waals surface area contributed by atoms with Gasteiger partial charge in [-0.1, -0.05) is 63.1 Å². The zero-order valence-electron chi connectivity index (χ0n) is 16.2. The maximum absolute atomic E-state index is 2.48. The Bertz CT molecular complexity index is 939. The Hall–Kier alpha value is -2.08. The van der Waals surface area contributed by atoms with Crippen LogP contribution in [0.3, 0.4) is 0 Å². The van der Waals surface area contributed by atoms with Crippen LogP contribution in [0, 0.1) is 0 Å². The van der Waals surface area contributed by atoms with Crippen molar-refractivity contribution >= 4 is 12.2 Å². The van der Waals surface area contributed by atoms with Crippen LogP contribution in [0.4, 0.5) is 0 Å². The van der Waals surface area contributed by atoms with Crippen molar-refractivity contribution in [3.05, 3.63) is 68.8 Å². The summed E-state index contributed by atoms with van der Waals surface area (Å²) >= 11 is 0. The van der Waals surface area contributed by atoms with Crippen molar-refractivity contribution in [1.29, 1.82) is 0 Å². The molecule has 0 unspecified atom stereocenters. The summed E-state index contributed by atoms with van der Waals surface area (Å²) in [5.74, 6) is 0. The number of benzene rings is 2. The van der Waals surface area contributed by atoms with E-state index in [1.807, 2.05) is 0 Å². The monoisotopic (exact) mass is 326 g/mol. The van der Waals surface area contributed by atoms with Gasteiger partial charge in [-0.2, -0.15) is 0 Å². The highest BCUT2D eigenvalue weighted by Crippen LogP contribution is 2.49. The van der Waals surface area contributed by atoms with E-state index in [1.165, 1.54) is 55.7 Å². The van der Waals surface area contributed by atoms with Gasteiger partial charge in [0.2, 0.25) is 0 Å². The maximum atomic E-state index is 2.48. The lowest BCUT2D eigenvalue weighted by molar-refractivity contribution is 0.638. The van der Waals surface area contributed by atoms with Crippen LogP contribution < -0.4 is 0 Å². The quantitative estimate of drug-likeness (QED) is 0.434. The summed E-state index contributed by atoms with van der Waals surface area (Å²) in [5.41, 5.74) is 15.0. The fourth-order valence-electron chi connectivity index (χ4n) is 4.90. The Labute approximate surface area is 151 Å². The molecule has 0 heteroatoms. The second-order valence-corrected chi connectivity index (χ2v) is 9.27. The van der Waals surface area contributed by atoms with Gasteiger partial charge in [0.15, 0.2) is 0 Å². The van der Waals surface area contributed by atoms with E-state index in [2.05, 4.69) is 78.0 Å². The normalized spacial score (nSPS) is 20.6. The molecule has 0 amide bonds. The van der Waals surface area contributed by atoms with Gasteiger partial charge in [0.25, 0.3) is 0 Å². The summed E-state index contributed by atoms with van der Waals surface area (Å²) in [5, 5.41) is 0. The highest BCUT2D eigenvalue weighted by Gasteiger charge is 2.35. The third kappa shape index (κ3) is 1.78. The Kier molecular flexibility index (Phi) is 2.65. The summed E-state index contributed by atoms with van der Waals surface area (Å²) in [6.45, 7) is 13.9. The lowest BCUT2D eigenvalue weighted by Crippen LogP contribution is -2.15. The van der Waals surface area contributed by atoms with Gasteiger partial charge in [0.05, 0.1) is 0 Å². The lowest BCUT2D eigenvalue weighted by Gasteiger charge is -2.23. The molecule has 0 N–H and O–H groups in total. The summed E-state index contributed by atoms with van der Waals surface area (Å²) < 4.78 is 0. The van der Waals surface area contributed by atoms with Crippen LogP contribution in [0.15, 0.2) is 35.4 Å². The predicted molar refractivity (Wildman–Crippen MR) is 108 cm³/mol. The SMILES string of the molecule is CC1=Cc2cc3c(cc2C1(C)C)Cc1cc2c(cc1-3)C=C(C)C2(C)C. The average Bonchev–Trinajstić information content (AvgIpc) is 3.07. The molecule has 3 aliphatic rings. The highest BCUT2D eigenvalue weighted by atomic mass is 14.4. The zero-order valence-corrected chi connectivity index (χ0v) is 16.2. The summed E-state index contributed by atoms with van der Waals surface area (Å²) in [4.78, 5) is 0. The molecule has 5 rings (SSSR count). The van der Waals surface area contributed by atoms with E-state index in [9.17, 15) is 0 Å². The molecule has 0 aliphatic heterocycles. The van der Waals surface area contributed by atoms with E-state index in [0.717, 1.165) is 6.42 Å². The van der Waals surface area contributed by atoms with Gasteiger partial charge < -0.3 is 0 Å². The Balaban J connectivity index is 1.71. The van der Waals surface area contributed by atoms with Gasteiger partial charge in [0.1, 0.15) is 0 Å². The number of hydrogen-bond acceptors (Lipinski definition) is 0. The fourth-order valence-corrected chi connectivity index (χ4v) is 4.90. The number of rotatable bonds is 0. The van der Waals surface area contributed by atoms with Crippen LogP contribution >= 0.6 is 0 Å². The molecule has 0 radical (unpaired) electrons. The first kappa shape index (κ1) is 15.2. The third-order valence-corrected chi connectivity index (χ3v) is 7.28. The van der Waals surface area contributed by atoms with Crippen molar-refractivity contribution in [2.45, 2.75) is 58.8 Å². The smallest absolute Gasteiger partial charge is 0.0112 e. The standard InChI is InChI=1S/C25H26/c1-14-7-18-10-20-16(12-22(18)24(14,3)4)9-17-13-23-19(11-21(17)20)8-15(2)25(23,5)6/h7-8,10-13H,9H2,1-6H3. The van der Waals surface area contributed by atoms with Gasteiger partial charge in [-0.25, -0.2) is 0 Å². The van der Waals surface area contributed by atoms with Crippen molar-refractivity contribution in [2.24, 2.45) is 0 Å². The summed E-state index contributed by atoms with van der Waals surface area (Å²) in [6.07, 6.45) is 5.84. The molecule has 25 heavy (non-hydrogen) atoms. The molecule has 0 spiro atoms. The van der Waals surface area contributed by atoms with E-state index in [4.69, 9.17) is 0 Å². The molecular formula is C25H26. The molecule has 0 aromatic heterocycles. The van der Waals surface area contributed by atoms with Gasteiger partial charge >= 0.3 is 0 Å². The molecule has 0 heterocycles. The second kappa shape index (κ2) is 4.36. The van der Waals surface area contributed by atoms with E-state index in [-0.39, 0.29) is 10.8 Å². The Morgan fingerprint density at radius 3 is 1.44 bits per heavy atom. The van der Waals surface area contributed by atoms with Gasteiger partial charge in [0, 0.05) is 10.8 Å². The van der Waals surface area contributed by atoms with Crippen LogP contribution in [0.25, 0.3) is 23.3 Å². The minimum absolute atomic E-state index is 0.169. The molecule has 2 aromatic rings. The van der Waals surface area contributed by atoms with Crippen LogP contribution in [0.2, 0.25) is 0 Å². The molecule has 0 nitrogen and oxygen atoms in total. The van der Waals surface area contributed by atoms with E-state index in [0.29, 0.717) is 0 Å². The largest absolute Gasteiger partial charge is 0.0627 e. The predicted octanol–water partition coefficient (Wildman–Crippen LogP) is 6.65. The fraction of sp³-hybridized carbons (Fsp3) is 0.360. The Morgan fingerprint density at radius 1 is 0.640 bits per heavy atom. The lowest BCUT2D eigenvalue weighted by atomic mass is 9.81. The van der Waals surface area contributed by atoms with Crippen LogP contribution in [0.5, 0.6) is 0 Å². The van der Waals surface area contributed by atoms with Crippen molar-refractivity contribution in [3.63, 3.8) is 0 Å². The molecule has 0 saturated heterocycles. The van der Waals surface area contributed by atoms with Crippen molar-refractivity contribution < 1.29 is 0 Å². The van der Waals surface area contributed by atoms with Gasteiger partial charge in [-0.15, -0.1) is 0 Å².